The molecule has 3 N–H and O–H groups in total. The van der Waals surface area contributed by atoms with Crippen molar-refractivity contribution >= 4 is 22.5 Å². The van der Waals surface area contributed by atoms with Gasteiger partial charge in [0.05, 0.1) is 25.0 Å². The molecule has 0 bridgehead atoms. The molecule has 1 amide bonds. The van der Waals surface area contributed by atoms with Crippen LogP contribution in [-0.2, 0) is 14.3 Å². The molecular weight excluding hydrogens is 707 g/mol. The van der Waals surface area contributed by atoms with E-state index in [9.17, 15) is 18.7 Å². The lowest BCUT2D eigenvalue weighted by Crippen LogP contribution is -2.70. The predicted octanol–water partition coefficient (Wildman–Crippen LogP) is 9.39. The molecule has 5 saturated carbocycles. The highest BCUT2D eigenvalue weighted by Crippen LogP contribution is 2.77. The fourth-order valence-electron chi connectivity index (χ4n) is 15.8. The Morgan fingerprint density at radius 2 is 1.55 bits per heavy atom. The predicted molar refractivity (Wildman–Crippen MR) is 225 cm³/mol. The van der Waals surface area contributed by atoms with E-state index in [-0.39, 0.29) is 33.7 Å². The SMILES string of the molecule is C=C(C)[C@@H]1CC[C@]2(CNCCCN3CCS(O)(O)CC3)CC[C@]3(C)[C@H](CC[C@@H]4[C@@]5(C)CCN(C(=O)CC6(CC(=O)OC)CCCC6)C(C)(C)[C@@H]5CC[C@]43C)[C@@H]12. The normalized spacial score (nSPS) is 42.3. The zero-order valence-corrected chi connectivity index (χ0v) is 36.8. The van der Waals surface area contributed by atoms with E-state index in [2.05, 4.69) is 63.2 Å². The average Bonchev–Trinajstić information content (AvgIpc) is 3.73. The molecular formula is C46H79N3O5S. The van der Waals surface area contributed by atoms with Crippen LogP contribution in [0.5, 0.6) is 0 Å². The van der Waals surface area contributed by atoms with Crippen molar-refractivity contribution in [2.45, 2.75) is 150 Å². The van der Waals surface area contributed by atoms with E-state index in [0.29, 0.717) is 64.8 Å². The van der Waals surface area contributed by atoms with E-state index in [1.54, 1.807) is 0 Å². The van der Waals surface area contributed by atoms with Crippen molar-refractivity contribution in [3.63, 3.8) is 0 Å². The number of hydrogen-bond donors (Lipinski definition) is 3. The summed E-state index contributed by atoms with van der Waals surface area (Å²) in [5, 5.41) is 4.00. The molecule has 5 aliphatic carbocycles. The maximum atomic E-state index is 14.4. The molecule has 0 aromatic heterocycles. The Kier molecular flexibility index (Phi) is 11.6. The highest BCUT2D eigenvalue weighted by Gasteiger charge is 2.71. The summed E-state index contributed by atoms with van der Waals surface area (Å²) in [6.45, 7) is 25.4. The van der Waals surface area contributed by atoms with Crippen LogP contribution in [0.2, 0.25) is 0 Å². The molecule has 55 heavy (non-hydrogen) atoms. The number of nitrogens with zero attached hydrogens (tertiary/aromatic N) is 2. The van der Waals surface area contributed by atoms with Gasteiger partial charge in [-0.25, -0.2) is 0 Å². The van der Waals surface area contributed by atoms with Crippen molar-refractivity contribution in [2.24, 2.45) is 56.7 Å². The molecule has 2 aliphatic heterocycles. The zero-order chi connectivity index (χ0) is 39.7. The van der Waals surface area contributed by atoms with E-state index >= 15 is 0 Å². The number of methoxy groups -OCH3 is 1. The maximum absolute atomic E-state index is 14.4. The monoisotopic (exact) mass is 786 g/mol. The van der Waals surface area contributed by atoms with Crippen LogP contribution in [0, 0.1) is 56.7 Å². The molecule has 0 unspecified atom stereocenters. The van der Waals surface area contributed by atoms with Crippen LogP contribution < -0.4 is 5.32 Å². The summed E-state index contributed by atoms with van der Waals surface area (Å²) in [6, 6.07) is 0. The smallest absolute Gasteiger partial charge is 0.306 e. The topological polar surface area (TPSA) is 102 Å². The van der Waals surface area contributed by atoms with Gasteiger partial charge in [-0.05, 0) is 168 Å². The van der Waals surface area contributed by atoms with Crippen LogP contribution >= 0.6 is 10.6 Å². The first kappa shape index (κ1) is 42.0. The number of esters is 1. The van der Waals surface area contributed by atoms with Gasteiger partial charge in [0.15, 0.2) is 0 Å². The Balaban J connectivity index is 1.05. The van der Waals surface area contributed by atoms with Gasteiger partial charge in [0.1, 0.15) is 0 Å². The Hall–Kier alpha value is -1.13. The first-order chi connectivity index (χ1) is 25.9. The summed E-state index contributed by atoms with van der Waals surface area (Å²) in [5.41, 5.74) is 2.06. The third-order valence-electron chi connectivity index (χ3n) is 18.9. The van der Waals surface area contributed by atoms with Crippen molar-refractivity contribution < 1.29 is 23.4 Å². The van der Waals surface area contributed by atoms with Gasteiger partial charge >= 0.3 is 5.97 Å². The third kappa shape index (κ3) is 7.20. The number of amides is 1. The molecule has 7 fully saturated rings. The number of nitrogens with one attached hydrogen (secondary N) is 1. The van der Waals surface area contributed by atoms with E-state index in [1.165, 1.54) is 64.0 Å². The van der Waals surface area contributed by atoms with Gasteiger partial charge in [-0.2, -0.15) is 10.6 Å². The standard InChI is InChI=1S/C46H79N3O5S/c1-33(2)34-14-19-46(32-47-23-11-24-48-26-28-55(52,53)29-27-48)21-20-43(6)35(40(34)46)12-13-37-42(5)22-25-49(41(3,4)36(42)15-18-44(37,43)7)38(50)30-45(16-9-10-17-45)31-39(51)54-8/h34-37,40,47,52-53H,1,9-32H2,2-8H3/t34-,35+,36-,37+,40+,42-,43+,44+,46+/m0/s1. The molecule has 2 saturated heterocycles. The van der Waals surface area contributed by atoms with E-state index < -0.39 is 10.6 Å². The van der Waals surface area contributed by atoms with Crippen LogP contribution in [0.3, 0.4) is 0 Å². The first-order valence-corrected chi connectivity index (χ1v) is 24.4. The number of carbonyl (C=O) groups is 2. The summed E-state index contributed by atoms with van der Waals surface area (Å²) < 4.78 is 25.2. The molecule has 0 spiro atoms. The Bertz CT molecular complexity index is 1450. The molecule has 7 aliphatic rings. The molecule has 0 aromatic carbocycles. The zero-order valence-electron chi connectivity index (χ0n) is 36.0. The highest BCUT2D eigenvalue weighted by atomic mass is 32.3. The molecule has 8 nitrogen and oxygen atoms in total. The quantitative estimate of drug-likeness (QED) is 0.109. The Morgan fingerprint density at radius 3 is 2.22 bits per heavy atom. The minimum Gasteiger partial charge on any atom is -0.469 e. The summed E-state index contributed by atoms with van der Waals surface area (Å²) in [6.07, 6.45) is 17.4. The number of piperidine rings is 1. The molecule has 0 aromatic rings. The average molecular weight is 786 g/mol. The number of allylic oxidation sites excluding steroid dienone is 1. The second-order valence-electron chi connectivity index (χ2n) is 21.7. The fourth-order valence-corrected chi connectivity index (χ4v) is 17.1. The van der Waals surface area contributed by atoms with Crippen molar-refractivity contribution in [1.82, 2.24) is 15.1 Å². The number of rotatable bonds is 11. The number of fused-ring (bicyclic) bond motifs is 7. The molecule has 0 radical (unpaired) electrons. The number of carbonyl (C=O) groups excluding carboxylic acids is 2. The molecule has 7 rings (SSSR count). The van der Waals surface area contributed by atoms with E-state index in [4.69, 9.17) is 4.74 Å². The Labute approximate surface area is 336 Å². The first-order valence-electron chi connectivity index (χ1n) is 22.5. The minimum atomic E-state index is -2.34. The van der Waals surface area contributed by atoms with Crippen LogP contribution in [-0.4, -0.2) is 94.2 Å². The van der Waals surface area contributed by atoms with Gasteiger partial charge in [0.2, 0.25) is 5.91 Å². The maximum Gasteiger partial charge on any atom is 0.306 e. The van der Waals surface area contributed by atoms with Gasteiger partial charge in [-0.15, -0.1) is 0 Å². The Morgan fingerprint density at radius 1 is 0.836 bits per heavy atom. The lowest BCUT2D eigenvalue weighted by Gasteiger charge is -2.73. The number of hydrogen-bond acceptors (Lipinski definition) is 7. The summed E-state index contributed by atoms with van der Waals surface area (Å²) in [4.78, 5) is 31.5. The molecule has 314 valence electrons. The van der Waals surface area contributed by atoms with Crippen molar-refractivity contribution in [3.8, 4) is 0 Å². The fraction of sp³-hybridized carbons (Fsp3) is 0.913. The van der Waals surface area contributed by atoms with Crippen molar-refractivity contribution in [3.05, 3.63) is 12.2 Å². The van der Waals surface area contributed by atoms with Crippen LogP contribution in [0.1, 0.15) is 144 Å². The van der Waals surface area contributed by atoms with Crippen LogP contribution in [0.25, 0.3) is 0 Å². The summed E-state index contributed by atoms with van der Waals surface area (Å²) in [7, 11) is -0.861. The van der Waals surface area contributed by atoms with Gasteiger partial charge in [0.25, 0.3) is 0 Å². The lowest BCUT2D eigenvalue weighted by molar-refractivity contribution is -0.241. The van der Waals surface area contributed by atoms with Gasteiger partial charge < -0.3 is 19.9 Å². The molecule has 2 heterocycles. The molecule has 9 atom stereocenters. The van der Waals surface area contributed by atoms with Gasteiger partial charge in [-0.3, -0.25) is 18.7 Å². The van der Waals surface area contributed by atoms with Crippen molar-refractivity contribution in [2.75, 3.05) is 57.9 Å². The second kappa shape index (κ2) is 15.2. The number of ether oxygens (including phenoxy) is 1. The summed E-state index contributed by atoms with van der Waals surface area (Å²) in [5.74, 6) is 4.30. The lowest BCUT2D eigenvalue weighted by atomic mass is 9.33. The minimum absolute atomic E-state index is 0.173. The van der Waals surface area contributed by atoms with Crippen LogP contribution in [0.15, 0.2) is 12.2 Å². The van der Waals surface area contributed by atoms with Gasteiger partial charge in [0, 0.05) is 38.1 Å². The summed E-state index contributed by atoms with van der Waals surface area (Å²) >= 11 is 0. The largest absolute Gasteiger partial charge is 0.469 e. The second-order valence-corrected chi connectivity index (χ2v) is 24.1. The highest BCUT2D eigenvalue weighted by molar-refractivity contribution is 8.24. The third-order valence-corrected chi connectivity index (χ3v) is 20.6. The van der Waals surface area contributed by atoms with Crippen LogP contribution in [0.4, 0.5) is 0 Å². The van der Waals surface area contributed by atoms with Crippen molar-refractivity contribution in [1.29, 1.82) is 0 Å². The van der Waals surface area contributed by atoms with Gasteiger partial charge in [-0.1, -0.05) is 45.8 Å². The van der Waals surface area contributed by atoms with E-state index in [1.807, 2.05) is 0 Å². The van der Waals surface area contributed by atoms with E-state index in [0.717, 1.165) is 77.8 Å². The number of likely N-dealkylation sites (tertiary alicyclic amines) is 1. The molecule has 9 heteroatoms.